The van der Waals surface area contributed by atoms with E-state index >= 15 is 0 Å². The molecule has 7 heteroatoms. The molecule has 0 N–H and O–H groups in total. The summed E-state index contributed by atoms with van der Waals surface area (Å²) in [7, 11) is 1.16. The average Bonchev–Trinajstić information content (AvgIpc) is 2.83. The Balaban J connectivity index is 3.30. The summed E-state index contributed by atoms with van der Waals surface area (Å²) in [6.07, 6.45) is -0.362. The van der Waals surface area contributed by atoms with Gasteiger partial charge in [0.05, 0.1) is 24.9 Å². The molecule has 1 heterocycles. The first-order chi connectivity index (χ1) is 10.1. The summed E-state index contributed by atoms with van der Waals surface area (Å²) in [6.45, 7) is 6.15. The van der Waals surface area contributed by atoms with Gasteiger partial charge in [0.25, 0.3) is 0 Å². The van der Waals surface area contributed by atoms with Crippen molar-refractivity contribution < 1.29 is 14.3 Å². The summed E-state index contributed by atoms with van der Waals surface area (Å²) in [5, 5.41) is 22.6. The van der Waals surface area contributed by atoms with Crippen molar-refractivity contribution >= 4 is 11.9 Å². The Bertz CT molecular complexity index is 679. The lowest BCUT2D eigenvalue weighted by Gasteiger charge is -2.33. The second kappa shape index (κ2) is 5.98. The molecule has 0 aromatic carbocycles. The topological polar surface area (TPSA) is 109 Å². The first kappa shape index (κ1) is 17.4. The predicted octanol–water partition coefficient (Wildman–Crippen LogP) is 1.76. The SMILES string of the molecule is COC(=O)[C@@](C)(CC(=O)n1nc(C)cc1C)C(C)(C#N)C#N. The van der Waals surface area contributed by atoms with Crippen molar-refractivity contribution in [2.75, 3.05) is 7.11 Å². The molecule has 0 aliphatic rings. The maximum absolute atomic E-state index is 12.5. The molecule has 0 unspecified atom stereocenters. The van der Waals surface area contributed by atoms with Crippen LogP contribution in [0.3, 0.4) is 0 Å². The van der Waals surface area contributed by atoms with E-state index in [1.165, 1.54) is 18.5 Å². The van der Waals surface area contributed by atoms with E-state index in [2.05, 4.69) is 5.10 Å². The van der Waals surface area contributed by atoms with E-state index in [1.807, 2.05) is 12.1 Å². The van der Waals surface area contributed by atoms with Gasteiger partial charge in [0, 0.05) is 12.1 Å². The molecule has 1 atom stereocenters. The van der Waals surface area contributed by atoms with Crippen LogP contribution in [-0.2, 0) is 9.53 Å². The van der Waals surface area contributed by atoms with Gasteiger partial charge in [0.1, 0.15) is 5.41 Å². The third-order valence-electron chi connectivity index (χ3n) is 3.94. The number of rotatable bonds is 4. The molecular formula is C15H18N4O3. The minimum atomic E-state index is -1.70. The van der Waals surface area contributed by atoms with E-state index in [0.29, 0.717) is 11.4 Å². The fourth-order valence-electron chi connectivity index (χ4n) is 2.21. The van der Waals surface area contributed by atoms with Crippen LogP contribution in [0.15, 0.2) is 6.07 Å². The number of carbonyl (C=O) groups is 2. The number of esters is 1. The fraction of sp³-hybridized carbons (Fsp3) is 0.533. The molecule has 0 aliphatic heterocycles. The second-order valence-electron chi connectivity index (χ2n) is 5.58. The number of nitrogens with zero attached hydrogens (tertiary/aromatic N) is 4. The lowest BCUT2D eigenvalue weighted by Crippen LogP contribution is -2.45. The summed E-state index contributed by atoms with van der Waals surface area (Å²) >= 11 is 0. The van der Waals surface area contributed by atoms with Gasteiger partial charge in [-0.1, -0.05) is 0 Å². The Morgan fingerprint density at radius 2 is 1.86 bits per heavy atom. The van der Waals surface area contributed by atoms with E-state index in [4.69, 9.17) is 4.74 Å². The number of nitriles is 2. The zero-order valence-electron chi connectivity index (χ0n) is 13.3. The minimum Gasteiger partial charge on any atom is -0.469 e. The summed E-state index contributed by atoms with van der Waals surface area (Å²) in [4.78, 5) is 24.6. The molecule has 0 saturated heterocycles. The molecule has 1 aromatic heterocycles. The standard InChI is InChI=1S/C15H18N4O3/c1-10-6-11(2)19(18-10)12(20)7-15(4,13(21)22-5)14(3,8-16)9-17/h6H,7H2,1-5H3/t15-/m1/s1. The zero-order valence-corrected chi connectivity index (χ0v) is 13.3. The molecule has 0 fully saturated rings. The number of aromatic nitrogens is 2. The van der Waals surface area contributed by atoms with Gasteiger partial charge in [0.2, 0.25) is 5.91 Å². The Labute approximate surface area is 129 Å². The predicted molar refractivity (Wildman–Crippen MR) is 76.4 cm³/mol. The van der Waals surface area contributed by atoms with Crippen molar-refractivity contribution in [3.05, 3.63) is 17.5 Å². The third kappa shape index (κ3) is 2.71. The summed E-state index contributed by atoms with van der Waals surface area (Å²) < 4.78 is 5.89. The Morgan fingerprint density at radius 1 is 1.32 bits per heavy atom. The molecule has 0 spiro atoms. The molecule has 1 aromatic rings. The fourth-order valence-corrected chi connectivity index (χ4v) is 2.21. The lowest BCUT2D eigenvalue weighted by molar-refractivity contribution is -0.155. The van der Waals surface area contributed by atoms with E-state index in [9.17, 15) is 20.1 Å². The maximum Gasteiger partial charge on any atom is 0.314 e. The molecule has 0 aliphatic carbocycles. The van der Waals surface area contributed by atoms with Crippen LogP contribution in [-0.4, -0.2) is 28.8 Å². The molecule has 0 radical (unpaired) electrons. The highest BCUT2D eigenvalue weighted by atomic mass is 16.5. The van der Waals surface area contributed by atoms with Crippen LogP contribution in [0.25, 0.3) is 0 Å². The Hall–Kier alpha value is -2.67. The van der Waals surface area contributed by atoms with Crippen LogP contribution in [0.4, 0.5) is 0 Å². The number of methoxy groups -OCH3 is 1. The van der Waals surface area contributed by atoms with Gasteiger partial charge < -0.3 is 4.74 Å². The molecule has 0 amide bonds. The van der Waals surface area contributed by atoms with Crippen LogP contribution in [0.1, 0.15) is 36.5 Å². The Morgan fingerprint density at radius 3 is 2.23 bits per heavy atom. The quantitative estimate of drug-likeness (QED) is 0.784. The first-order valence-electron chi connectivity index (χ1n) is 6.62. The van der Waals surface area contributed by atoms with Crippen molar-refractivity contribution in [1.82, 2.24) is 9.78 Å². The highest BCUT2D eigenvalue weighted by molar-refractivity contribution is 5.88. The van der Waals surface area contributed by atoms with Gasteiger partial charge in [-0.15, -0.1) is 0 Å². The Kier molecular flexibility index (Phi) is 4.73. The van der Waals surface area contributed by atoms with Crippen LogP contribution in [0, 0.1) is 47.3 Å². The number of carbonyl (C=O) groups excluding carboxylic acids is 2. The highest BCUT2D eigenvalue weighted by Gasteiger charge is 2.54. The smallest absolute Gasteiger partial charge is 0.314 e. The number of hydrogen-bond acceptors (Lipinski definition) is 6. The van der Waals surface area contributed by atoms with Gasteiger partial charge in [-0.3, -0.25) is 9.59 Å². The largest absolute Gasteiger partial charge is 0.469 e. The lowest BCUT2D eigenvalue weighted by atomic mass is 9.65. The van der Waals surface area contributed by atoms with Gasteiger partial charge in [-0.25, -0.2) is 4.68 Å². The first-order valence-corrected chi connectivity index (χ1v) is 6.62. The van der Waals surface area contributed by atoms with Crippen molar-refractivity contribution in [2.45, 2.75) is 34.1 Å². The minimum absolute atomic E-state index is 0.362. The highest BCUT2D eigenvalue weighted by Crippen LogP contribution is 2.42. The van der Waals surface area contributed by atoms with Crippen LogP contribution >= 0.6 is 0 Å². The van der Waals surface area contributed by atoms with E-state index in [1.54, 1.807) is 19.9 Å². The van der Waals surface area contributed by atoms with Gasteiger partial charge in [0.15, 0.2) is 5.41 Å². The number of hydrogen-bond donors (Lipinski definition) is 0. The van der Waals surface area contributed by atoms with Crippen molar-refractivity contribution in [2.24, 2.45) is 10.8 Å². The van der Waals surface area contributed by atoms with Crippen LogP contribution in [0.5, 0.6) is 0 Å². The maximum atomic E-state index is 12.5. The summed E-state index contributed by atoms with van der Waals surface area (Å²) in [6, 6.07) is 5.36. The van der Waals surface area contributed by atoms with Crippen LogP contribution in [0.2, 0.25) is 0 Å². The number of aryl methyl sites for hydroxylation is 2. The second-order valence-corrected chi connectivity index (χ2v) is 5.58. The van der Waals surface area contributed by atoms with E-state index in [-0.39, 0.29) is 6.42 Å². The molecule has 0 saturated carbocycles. The molecule has 22 heavy (non-hydrogen) atoms. The molecule has 1 rings (SSSR count). The van der Waals surface area contributed by atoms with Crippen molar-refractivity contribution in [3.63, 3.8) is 0 Å². The molecular weight excluding hydrogens is 284 g/mol. The summed E-state index contributed by atoms with van der Waals surface area (Å²) in [5.74, 6) is -1.26. The van der Waals surface area contributed by atoms with Gasteiger partial charge in [-0.05, 0) is 33.8 Å². The number of ether oxygens (including phenoxy) is 1. The van der Waals surface area contributed by atoms with Crippen molar-refractivity contribution in [3.8, 4) is 12.1 Å². The molecule has 7 nitrogen and oxygen atoms in total. The van der Waals surface area contributed by atoms with Crippen molar-refractivity contribution in [1.29, 1.82) is 10.5 Å². The molecule has 0 bridgehead atoms. The van der Waals surface area contributed by atoms with E-state index in [0.717, 1.165) is 7.11 Å². The van der Waals surface area contributed by atoms with Crippen LogP contribution < -0.4 is 0 Å². The molecule has 116 valence electrons. The van der Waals surface area contributed by atoms with Gasteiger partial charge >= 0.3 is 5.97 Å². The zero-order chi connectivity index (χ0) is 17.1. The third-order valence-corrected chi connectivity index (χ3v) is 3.94. The average molecular weight is 302 g/mol. The normalized spacial score (nSPS) is 13.6. The summed E-state index contributed by atoms with van der Waals surface area (Å²) in [5.41, 5.74) is -2.03. The van der Waals surface area contributed by atoms with E-state index < -0.39 is 22.7 Å². The van der Waals surface area contributed by atoms with Gasteiger partial charge in [-0.2, -0.15) is 15.6 Å². The monoisotopic (exact) mass is 302 g/mol.